The Morgan fingerprint density at radius 2 is 1.82 bits per heavy atom. The lowest BCUT2D eigenvalue weighted by Gasteiger charge is -2.27. The van der Waals surface area contributed by atoms with E-state index in [4.69, 9.17) is 11.6 Å². The first-order valence-electron chi connectivity index (χ1n) is 6.47. The number of hydrogen-bond donors (Lipinski definition) is 0. The maximum atomic E-state index is 6.05. The van der Waals surface area contributed by atoms with Gasteiger partial charge in [-0.15, -0.1) is 0 Å². The fourth-order valence-corrected chi connectivity index (χ4v) is 3.88. The van der Waals surface area contributed by atoms with Gasteiger partial charge in [-0.05, 0) is 41.4 Å². The lowest BCUT2D eigenvalue weighted by molar-refractivity contribution is 0.309. The smallest absolute Gasteiger partial charge is 0.0426 e. The van der Waals surface area contributed by atoms with Gasteiger partial charge in [-0.25, -0.2) is 0 Å². The van der Waals surface area contributed by atoms with Crippen LogP contribution < -0.4 is 4.90 Å². The Morgan fingerprint density at radius 3 is 2.35 bits per heavy atom. The summed E-state index contributed by atoms with van der Waals surface area (Å²) in [5, 5.41) is 0.843. The van der Waals surface area contributed by atoms with Crippen molar-refractivity contribution in [1.29, 1.82) is 0 Å². The second-order valence-electron chi connectivity index (χ2n) is 6.60. The van der Waals surface area contributed by atoms with Crippen LogP contribution in [-0.2, 0) is 0 Å². The molecule has 1 saturated heterocycles. The van der Waals surface area contributed by atoms with Crippen molar-refractivity contribution in [3.8, 4) is 0 Å². The molecule has 1 nitrogen and oxygen atoms in total. The van der Waals surface area contributed by atoms with Gasteiger partial charge in [-0.1, -0.05) is 38.4 Å². The molecule has 17 heavy (non-hydrogen) atoms. The number of fused-ring (bicyclic) bond motifs is 1. The monoisotopic (exact) mass is 249 g/mol. The van der Waals surface area contributed by atoms with E-state index in [1.54, 1.807) is 0 Å². The summed E-state index contributed by atoms with van der Waals surface area (Å²) < 4.78 is 0. The summed E-state index contributed by atoms with van der Waals surface area (Å²) in [6.07, 6.45) is 0. The van der Waals surface area contributed by atoms with Crippen molar-refractivity contribution in [2.45, 2.75) is 20.8 Å². The molecule has 0 amide bonds. The average molecular weight is 250 g/mol. The zero-order valence-electron chi connectivity index (χ0n) is 10.8. The number of nitrogens with zero attached hydrogens (tertiary/aromatic N) is 1. The van der Waals surface area contributed by atoms with Crippen molar-refractivity contribution in [1.82, 2.24) is 0 Å². The van der Waals surface area contributed by atoms with Crippen LogP contribution in [0.5, 0.6) is 0 Å². The van der Waals surface area contributed by atoms with Gasteiger partial charge in [0.15, 0.2) is 0 Å². The van der Waals surface area contributed by atoms with Crippen molar-refractivity contribution in [3.63, 3.8) is 0 Å². The summed E-state index contributed by atoms with van der Waals surface area (Å²) in [6, 6.07) is 8.24. The van der Waals surface area contributed by atoms with Gasteiger partial charge in [0, 0.05) is 23.8 Å². The molecule has 1 saturated carbocycles. The minimum atomic E-state index is 0.482. The molecule has 1 aliphatic carbocycles. The minimum absolute atomic E-state index is 0.482. The Bertz CT molecular complexity index is 423. The van der Waals surface area contributed by atoms with Crippen LogP contribution in [0.25, 0.3) is 0 Å². The van der Waals surface area contributed by atoms with Crippen LogP contribution >= 0.6 is 11.6 Å². The van der Waals surface area contributed by atoms with Gasteiger partial charge in [0.05, 0.1) is 0 Å². The Morgan fingerprint density at radius 1 is 1.18 bits per heavy atom. The summed E-state index contributed by atoms with van der Waals surface area (Å²) in [5.74, 6) is 2.75. The molecule has 2 atom stereocenters. The van der Waals surface area contributed by atoms with Gasteiger partial charge in [0.25, 0.3) is 0 Å². The maximum absolute atomic E-state index is 6.05. The third-order valence-electron chi connectivity index (χ3n) is 4.37. The molecule has 2 fully saturated rings. The molecule has 2 unspecified atom stereocenters. The second-order valence-corrected chi connectivity index (χ2v) is 7.04. The molecule has 2 heteroatoms. The van der Waals surface area contributed by atoms with E-state index in [-0.39, 0.29) is 0 Å². The van der Waals surface area contributed by atoms with E-state index in [1.807, 2.05) is 12.1 Å². The van der Waals surface area contributed by atoms with Gasteiger partial charge in [-0.3, -0.25) is 0 Å². The van der Waals surface area contributed by atoms with Gasteiger partial charge < -0.3 is 4.90 Å². The molecule has 1 aromatic rings. The average Bonchev–Trinajstić information content (AvgIpc) is 2.77. The van der Waals surface area contributed by atoms with E-state index in [9.17, 15) is 0 Å². The molecule has 1 aromatic carbocycles. The predicted molar refractivity (Wildman–Crippen MR) is 73.6 cm³/mol. The number of hydrogen-bond acceptors (Lipinski definition) is 1. The largest absolute Gasteiger partial charge is 0.371 e. The number of anilines is 1. The standard InChI is InChI=1S/C15H20ClN/c1-15(2,3)14-12-8-17(9-13(12)14)11-6-4-5-10(16)7-11/h4-7,12-14H,8-9H2,1-3H3. The van der Waals surface area contributed by atoms with E-state index >= 15 is 0 Å². The highest BCUT2D eigenvalue weighted by molar-refractivity contribution is 6.30. The second kappa shape index (κ2) is 3.65. The molecule has 0 spiro atoms. The summed E-state index contributed by atoms with van der Waals surface area (Å²) in [5.41, 5.74) is 1.77. The predicted octanol–water partition coefficient (Wildman–Crippen LogP) is 4.07. The molecular formula is C15H20ClN. The molecule has 92 valence electrons. The third-order valence-corrected chi connectivity index (χ3v) is 4.60. The third kappa shape index (κ3) is 1.95. The Labute approximate surface area is 109 Å². The fourth-order valence-electron chi connectivity index (χ4n) is 3.69. The number of piperidine rings is 1. The first-order chi connectivity index (χ1) is 7.97. The summed E-state index contributed by atoms with van der Waals surface area (Å²) >= 11 is 6.05. The lowest BCUT2D eigenvalue weighted by atomic mass is 9.87. The van der Waals surface area contributed by atoms with E-state index in [0.29, 0.717) is 5.41 Å². The topological polar surface area (TPSA) is 3.24 Å². The van der Waals surface area contributed by atoms with Crippen molar-refractivity contribution >= 4 is 17.3 Å². The van der Waals surface area contributed by atoms with E-state index in [1.165, 1.54) is 18.8 Å². The highest BCUT2D eigenvalue weighted by atomic mass is 35.5. The van der Waals surface area contributed by atoms with E-state index < -0.39 is 0 Å². The zero-order chi connectivity index (χ0) is 12.2. The number of benzene rings is 1. The molecule has 0 N–H and O–H groups in total. The Kier molecular flexibility index (Phi) is 2.45. The lowest BCUT2D eigenvalue weighted by Crippen LogP contribution is -2.27. The van der Waals surface area contributed by atoms with Crippen LogP contribution in [-0.4, -0.2) is 13.1 Å². The Balaban J connectivity index is 1.70. The van der Waals surface area contributed by atoms with Crippen molar-refractivity contribution in [2.75, 3.05) is 18.0 Å². The quantitative estimate of drug-likeness (QED) is 0.725. The maximum Gasteiger partial charge on any atom is 0.0426 e. The zero-order valence-corrected chi connectivity index (χ0v) is 11.5. The van der Waals surface area contributed by atoms with Crippen molar-refractivity contribution in [2.24, 2.45) is 23.2 Å². The van der Waals surface area contributed by atoms with Crippen LogP contribution in [0.15, 0.2) is 24.3 Å². The molecule has 3 rings (SSSR count). The SMILES string of the molecule is CC(C)(C)C1C2CN(c3cccc(Cl)c3)CC21. The molecule has 0 radical (unpaired) electrons. The minimum Gasteiger partial charge on any atom is -0.371 e. The molecule has 0 bridgehead atoms. The summed E-state index contributed by atoms with van der Waals surface area (Å²) in [4.78, 5) is 2.49. The Hall–Kier alpha value is -0.690. The van der Waals surface area contributed by atoms with E-state index in [2.05, 4.69) is 37.8 Å². The first kappa shape index (κ1) is 11.4. The van der Waals surface area contributed by atoms with Crippen molar-refractivity contribution < 1.29 is 0 Å². The highest BCUT2D eigenvalue weighted by Crippen LogP contribution is 2.60. The summed E-state index contributed by atoms with van der Waals surface area (Å²) in [7, 11) is 0. The van der Waals surface area contributed by atoms with Crippen LogP contribution in [0.2, 0.25) is 5.02 Å². The molecule has 2 aliphatic rings. The van der Waals surface area contributed by atoms with Crippen LogP contribution in [0, 0.1) is 23.2 Å². The summed E-state index contributed by atoms with van der Waals surface area (Å²) in [6.45, 7) is 9.55. The van der Waals surface area contributed by atoms with Crippen molar-refractivity contribution in [3.05, 3.63) is 29.3 Å². The van der Waals surface area contributed by atoms with E-state index in [0.717, 1.165) is 22.8 Å². The number of rotatable bonds is 1. The molecule has 1 heterocycles. The first-order valence-corrected chi connectivity index (χ1v) is 6.85. The van der Waals surface area contributed by atoms with Gasteiger partial charge in [-0.2, -0.15) is 0 Å². The fraction of sp³-hybridized carbons (Fsp3) is 0.600. The van der Waals surface area contributed by atoms with Gasteiger partial charge in [0.2, 0.25) is 0 Å². The van der Waals surface area contributed by atoms with Crippen LogP contribution in [0.4, 0.5) is 5.69 Å². The van der Waals surface area contributed by atoms with Crippen LogP contribution in [0.1, 0.15) is 20.8 Å². The molecular weight excluding hydrogens is 230 g/mol. The van der Waals surface area contributed by atoms with Crippen LogP contribution in [0.3, 0.4) is 0 Å². The van der Waals surface area contributed by atoms with Gasteiger partial charge >= 0.3 is 0 Å². The number of halogens is 1. The normalized spacial score (nSPS) is 31.5. The van der Waals surface area contributed by atoms with Gasteiger partial charge in [0.1, 0.15) is 0 Å². The molecule has 0 aromatic heterocycles. The molecule has 1 aliphatic heterocycles. The highest BCUT2D eigenvalue weighted by Gasteiger charge is 2.59.